The summed E-state index contributed by atoms with van der Waals surface area (Å²) in [5, 5.41) is 10.9. The highest BCUT2D eigenvalue weighted by molar-refractivity contribution is 7.27. The zero-order chi connectivity index (χ0) is 32.8. The third-order valence-corrected chi connectivity index (χ3v) is 11.4. The fourth-order valence-electron chi connectivity index (χ4n) is 7.88. The topological polar surface area (TPSA) is 30.7 Å². The SMILES string of the molecule is c1ccc(-c2nc(-n3c4ccccc4c4ccc5ccccc5c43)nc3c2sc2c4ccccc4c(-c4ccc5ccccc5c4)cc32)cc1. The number of hydrogen-bond acceptors (Lipinski definition) is 3. The Morgan fingerprint density at radius 1 is 0.420 bits per heavy atom. The molecule has 0 saturated carbocycles. The van der Waals surface area contributed by atoms with Crippen LogP contribution in [0.5, 0.6) is 0 Å². The summed E-state index contributed by atoms with van der Waals surface area (Å²) in [6, 6.07) is 58.8. The number of benzene rings is 8. The molecule has 50 heavy (non-hydrogen) atoms. The Morgan fingerprint density at radius 2 is 1.10 bits per heavy atom. The van der Waals surface area contributed by atoms with Crippen LogP contribution in [-0.2, 0) is 0 Å². The van der Waals surface area contributed by atoms with Crippen LogP contribution < -0.4 is 0 Å². The molecule has 8 aromatic carbocycles. The van der Waals surface area contributed by atoms with E-state index in [1.54, 1.807) is 11.3 Å². The van der Waals surface area contributed by atoms with E-state index in [0.717, 1.165) is 37.9 Å². The lowest BCUT2D eigenvalue weighted by molar-refractivity contribution is 1.02. The molecule has 0 fully saturated rings. The van der Waals surface area contributed by atoms with Crippen LogP contribution in [-0.4, -0.2) is 14.5 Å². The molecule has 3 aromatic heterocycles. The third kappa shape index (κ3) is 3.97. The Morgan fingerprint density at radius 3 is 1.96 bits per heavy atom. The smallest absolute Gasteiger partial charge is 0.235 e. The summed E-state index contributed by atoms with van der Waals surface area (Å²) < 4.78 is 4.62. The molecule has 0 unspecified atom stereocenters. The number of thiophene rings is 1. The quantitative estimate of drug-likeness (QED) is 0.190. The molecule has 0 N–H and O–H groups in total. The number of hydrogen-bond donors (Lipinski definition) is 0. The molecule has 3 heterocycles. The van der Waals surface area contributed by atoms with Gasteiger partial charge in [0.25, 0.3) is 0 Å². The monoisotopic (exact) mass is 653 g/mol. The van der Waals surface area contributed by atoms with Crippen LogP contribution in [0.25, 0.3) is 103 Å². The van der Waals surface area contributed by atoms with Crippen molar-refractivity contribution in [2.75, 3.05) is 0 Å². The standard InChI is InChI=1S/C46H27N3S/c1-2-14-30(15-3-1)41-45-42(48-46(47-41)49-40-21-11-10-19-35(40)36-25-24-29-13-6-7-17-33(29)43(36)49)39-27-38(34-18-8-9-20-37(34)44(39)50-45)32-23-22-28-12-4-5-16-31(28)26-32/h1-27H. The van der Waals surface area contributed by atoms with Crippen LogP contribution in [0.15, 0.2) is 164 Å². The molecule has 4 heteroatoms. The predicted octanol–water partition coefficient (Wildman–Crippen LogP) is 12.7. The molecule has 0 aliphatic rings. The van der Waals surface area contributed by atoms with Gasteiger partial charge in [-0.2, -0.15) is 0 Å². The number of nitrogens with zero attached hydrogens (tertiary/aromatic N) is 3. The van der Waals surface area contributed by atoms with Crippen LogP contribution in [0.3, 0.4) is 0 Å². The van der Waals surface area contributed by atoms with Crippen molar-refractivity contribution in [1.29, 1.82) is 0 Å². The van der Waals surface area contributed by atoms with E-state index in [-0.39, 0.29) is 0 Å². The lowest BCUT2D eigenvalue weighted by Gasteiger charge is -2.12. The lowest BCUT2D eigenvalue weighted by Crippen LogP contribution is -2.03. The van der Waals surface area contributed by atoms with E-state index in [4.69, 9.17) is 9.97 Å². The number of aromatic nitrogens is 3. The van der Waals surface area contributed by atoms with E-state index in [1.165, 1.54) is 58.9 Å². The summed E-state index contributed by atoms with van der Waals surface area (Å²) in [5.41, 5.74) is 7.65. The van der Waals surface area contributed by atoms with Gasteiger partial charge in [-0.25, -0.2) is 9.97 Å². The van der Waals surface area contributed by atoms with Crippen LogP contribution in [0.1, 0.15) is 0 Å². The molecule has 232 valence electrons. The Bertz CT molecular complexity index is 3150. The highest BCUT2D eigenvalue weighted by Crippen LogP contribution is 2.46. The van der Waals surface area contributed by atoms with Crippen molar-refractivity contribution < 1.29 is 0 Å². The minimum atomic E-state index is 0.680. The maximum atomic E-state index is 5.55. The molecule has 11 aromatic rings. The lowest BCUT2D eigenvalue weighted by atomic mass is 9.94. The van der Waals surface area contributed by atoms with E-state index in [0.29, 0.717) is 5.95 Å². The van der Waals surface area contributed by atoms with Gasteiger partial charge in [-0.1, -0.05) is 146 Å². The highest BCUT2D eigenvalue weighted by Gasteiger charge is 2.22. The molecule has 0 spiro atoms. The van der Waals surface area contributed by atoms with E-state index < -0.39 is 0 Å². The van der Waals surface area contributed by atoms with Crippen molar-refractivity contribution in [3.05, 3.63) is 164 Å². The maximum Gasteiger partial charge on any atom is 0.235 e. The third-order valence-electron chi connectivity index (χ3n) is 10.2. The number of fused-ring (bicyclic) bond motifs is 11. The minimum absolute atomic E-state index is 0.680. The first-order valence-corrected chi connectivity index (χ1v) is 17.7. The van der Waals surface area contributed by atoms with Crippen molar-refractivity contribution in [3.63, 3.8) is 0 Å². The summed E-state index contributed by atoms with van der Waals surface area (Å²) in [7, 11) is 0. The Kier molecular flexibility index (Phi) is 5.83. The molecule has 0 radical (unpaired) electrons. The summed E-state index contributed by atoms with van der Waals surface area (Å²) in [6.45, 7) is 0. The van der Waals surface area contributed by atoms with Crippen LogP contribution in [0, 0.1) is 0 Å². The average Bonchev–Trinajstić information content (AvgIpc) is 3.73. The Balaban J connectivity index is 1.30. The molecule has 0 aliphatic heterocycles. The Hall–Kier alpha value is -6.36. The fourth-order valence-corrected chi connectivity index (χ4v) is 9.15. The van der Waals surface area contributed by atoms with E-state index >= 15 is 0 Å². The second kappa shape index (κ2) is 10.6. The van der Waals surface area contributed by atoms with Gasteiger partial charge in [-0.15, -0.1) is 11.3 Å². The Labute approximate surface area is 291 Å². The number of para-hydroxylation sites is 1. The van der Waals surface area contributed by atoms with E-state index in [1.807, 2.05) is 0 Å². The summed E-state index contributed by atoms with van der Waals surface area (Å²) >= 11 is 1.80. The maximum absolute atomic E-state index is 5.55. The molecular formula is C46H27N3S. The summed E-state index contributed by atoms with van der Waals surface area (Å²) in [4.78, 5) is 11.0. The predicted molar refractivity (Wildman–Crippen MR) is 213 cm³/mol. The first kappa shape index (κ1) is 27.6. The van der Waals surface area contributed by atoms with Gasteiger partial charge in [0.15, 0.2) is 0 Å². The molecule has 0 bridgehead atoms. The molecule has 11 rings (SSSR count). The van der Waals surface area contributed by atoms with Gasteiger partial charge in [0.1, 0.15) is 0 Å². The van der Waals surface area contributed by atoms with Gasteiger partial charge in [0.2, 0.25) is 5.95 Å². The second-order valence-electron chi connectivity index (χ2n) is 13.0. The first-order valence-electron chi connectivity index (χ1n) is 16.9. The molecular weight excluding hydrogens is 627 g/mol. The van der Waals surface area contributed by atoms with Crippen LogP contribution in [0.4, 0.5) is 0 Å². The van der Waals surface area contributed by atoms with Crippen LogP contribution >= 0.6 is 11.3 Å². The van der Waals surface area contributed by atoms with E-state index in [2.05, 4.69) is 168 Å². The van der Waals surface area contributed by atoms with Crippen molar-refractivity contribution in [1.82, 2.24) is 14.5 Å². The van der Waals surface area contributed by atoms with Gasteiger partial charge in [0.05, 0.1) is 26.9 Å². The largest absolute Gasteiger partial charge is 0.277 e. The number of rotatable bonds is 3. The van der Waals surface area contributed by atoms with Crippen molar-refractivity contribution in [2.45, 2.75) is 0 Å². The normalized spacial score (nSPS) is 12.0. The van der Waals surface area contributed by atoms with E-state index in [9.17, 15) is 0 Å². The van der Waals surface area contributed by atoms with Gasteiger partial charge in [-0.05, 0) is 50.9 Å². The van der Waals surface area contributed by atoms with Crippen molar-refractivity contribution in [2.24, 2.45) is 0 Å². The van der Waals surface area contributed by atoms with Gasteiger partial charge in [0, 0.05) is 37.2 Å². The van der Waals surface area contributed by atoms with Crippen molar-refractivity contribution in [3.8, 4) is 28.3 Å². The van der Waals surface area contributed by atoms with Gasteiger partial charge < -0.3 is 0 Å². The van der Waals surface area contributed by atoms with Crippen molar-refractivity contribution >= 4 is 85.8 Å². The van der Waals surface area contributed by atoms with Gasteiger partial charge in [-0.3, -0.25) is 4.57 Å². The van der Waals surface area contributed by atoms with Gasteiger partial charge >= 0.3 is 0 Å². The zero-order valence-electron chi connectivity index (χ0n) is 26.8. The zero-order valence-corrected chi connectivity index (χ0v) is 27.7. The summed E-state index contributed by atoms with van der Waals surface area (Å²) in [6.07, 6.45) is 0. The average molecular weight is 654 g/mol. The highest BCUT2D eigenvalue weighted by atomic mass is 32.1. The first-order chi connectivity index (χ1) is 24.8. The summed E-state index contributed by atoms with van der Waals surface area (Å²) in [5.74, 6) is 0.680. The fraction of sp³-hybridized carbons (Fsp3) is 0. The second-order valence-corrected chi connectivity index (χ2v) is 14.0. The molecule has 0 aliphatic carbocycles. The molecule has 0 saturated heterocycles. The molecule has 0 atom stereocenters. The minimum Gasteiger partial charge on any atom is -0.277 e. The van der Waals surface area contributed by atoms with Crippen LogP contribution in [0.2, 0.25) is 0 Å². The molecule has 3 nitrogen and oxygen atoms in total. The molecule has 0 amide bonds.